The Morgan fingerprint density at radius 3 is 2.69 bits per heavy atom. The van der Waals surface area contributed by atoms with Crippen LogP contribution in [0.3, 0.4) is 0 Å². The topological polar surface area (TPSA) is 108 Å². The molecule has 1 saturated carbocycles. The number of nitrogens with one attached hydrogen (secondary N) is 1. The molecule has 0 unspecified atom stereocenters. The summed E-state index contributed by atoms with van der Waals surface area (Å²) in [5.74, 6) is 0.371. The van der Waals surface area contributed by atoms with Gasteiger partial charge in [-0.05, 0) is 55.5 Å². The summed E-state index contributed by atoms with van der Waals surface area (Å²) in [7, 11) is 0. The number of anilines is 1. The summed E-state index contributed by atoms with van der Waals surface area (Å²) < 4.78 is 39.0. The zero-order chi connectivity index (χ0) is 24.6. The number of hydrogen-bond donors (Lipinski definition) is 1. The van der Waals surface area contributed by atoms with E-state index < -0.39 is 11.9 Å². The maximum Gasteiger partial charge on any atom is 0.433 e. The van der Waals surface area contributed by atoms with Gasteiger partial charge in [0, 0.05) is 42.8 Å². The molecule has 2 aromatic heterocycles. The number of nitriles is 1. The van der Waals surface area contributed by atoms with Gasteiger partial charge in [-0.3, -0.25) is 4.79 Å². The fourth-order valence-electron chi connectivity index (χ4n) is 4.59. The maximum absolute atomic E-state index is 13.9. The Kier molecular flexibility index (Phi) is 5.80. The van der Waals surface area contributed by atoms with E-state index in [1.54, 1.807) is 41.6 Å². The molecular formula is C24H20F3N7O. The van der Waals surface area contributed by atoms with Crippen LogP contribution in [0.5, 0.6) is 0 Å². The zero-order valence-electron chi connectivity index (χ0n) is 18.4. The largest absolute Gasteiger partial charge is 0.433 e. The lowest BCUT2D eigenvalue weighted by molar-refractivity contribution is -0.141. The first-order valence-corrected chi connectivity index (χ1v) is 11.1. The van der Waals surface area contributed by atoms with Crippen LogP contribution < -0.4 is 5.32 Å². The minimum atomic E-state index is -4.57. The molecule has 5 rings (SSSR count). The minimum absolute atomic E-state index is 0.0424. The number of carbonyl (C=O) groups excluding carboxylic acids is 1. The third-order valence-electron chi connectivity index (χ3n) is 6.37. The first kappa shape index (κ1) is 22.7. The molecule has 1 aliphatic carbocycles. The molecule has 11 heteroatoms. The van der Waals surface area contributed by atoms with Crippen LogP contribution in [-0.2, 0) is 6.18 Å². The van der Waals surface area contributed by atoms with Crippen molar-refractivity contribution in [2.45, 2.75) is 37.5 Å². The van der Waals surface area contributed by atoms with Gasteiger partial charge in [0.2, 0.25) is 5.95 Å². The van der Waals surface area contributed by atoms with Gasteiger partial charge in [0.25, 0.3) is 5.91 Å². The lowest BCUT2D eigenvalue weighted by Gasteiger charge is -2.36. The Balaban J connectivity index is 1.43. The number of fused-ring (bicyclic) bond motifs is 1. The highest BCUT2D eigenvalue weighted by Gasteiger charge is 2.50. The summed E-state index contributed by atoms with van der Waals surface area (Å²) in [5.41, 5.74) is 0.146. The average molecular weight is 479 g/mol. The summed E-state index contributed by atoms with van der Waals surface area (Å²) in [6.45, 7) is 0.200. The van der Waals surface area contributed by atoms with Gasteiger partial charge >= 0.3 is 6.18 Å². The number of hydrogen-bond acceptors (Lipinski definition) is 7. The van der Waals surface area contributed by atoms with Gasteiger partial charge < -0.3 is 10.2 Å². The van der Waals surface area contributed by atoms with E-state index in [4.69, 9.17) is 0 Å². The van der Waals surface area contributed by atoms with E-state index in [0.717, 1.165) is 25.1 Å². The number of aromatic nitrogens is 4. The van der Waals surface area contributed by atoms with Crippen molar-refractivity contribution in [1.29, 1.82) is 5.26 Å². The van der Waals surface area contributed by atoms with Gasteiger partial charge in [-0.1, -0.05) is 0 Å². The molecule has 1 aromatic carbocycles. The van der Waals surface area contributed by atoms with Crippen LogP contribution in [0.1, 0.15) is 40.9 Å². The fraction of sp³-hybridized carbons (Fsp3) is 0.333. The molecule has 2 aliphatic rings. The van der Waals surface area contributed by atoms with E-state index >= 15 is 0 Å². The first-order valence-electron chi connectivity index (χ1n) is 11.1. The van der Waals surface area contributed by atoms with Crippen LogP contribution in [0.4, 0.5) is 19.1 Å². The normalized spacial score (nSPS) is 21.1. The van der Waals surface area contributed by atoms with E-state index in [1.165, 1.54) is 0 Å². The Bertz CT molecular complexity index is 1290. The maximum atomic E-state index is 13.9. The second-order valence-corrected chi connectivity index (χ2v) is 8.60. The highest BCUT2D eigenvalue weighted by molar-refractivity contribution is 6.01. The van der Waals surface area contributed by atoms with Crippen molar-refractivity contribution in [3.05, 3.63) is 65.7 Å². The summed E-state index contributed by atoms with van der Waals surface area (Å²) in [4.78, 5) is 31.6. The molecule has 1 aliphatic heterocycles. The van der Waals surface area contributed by atoms with Crippen LogP contribution in [0, 0.1) is 17.2 Å². The number of carbonyl (C=O) groups is 1. The lowest BCUT2D eigenvalue weighted by Crippen LogP contribution is -2.48. The van der Waals surface area contributed by atoms with Crippen molar-refractivity contribution in [3.8, 4) is 17.5 Å². The fourth-order valence-corrected chi connectivity index (χ4v) is 4.59. The van der Waals surface area contributed by atoms with E-state index in [0.29, 0.717) is 34.9 Å². The summed E-state index contributed by atoms with van der Waals surface area (Å²) in [5, 5.41) is 12.3. The second-order valence-electron chi connectivity index (χ2n) is 8.60. The lowest BCUT2D eigenvalue weighted by atomic mass is 9.97. The van der Waals surface area contributed by atoms with Crippen molar-refractivity contribution in [2.75, 3.05) is 11.9 Å². The van der Waals surface area contributed by atoms with Crippen molar-refractivity contribution in [1.82, 2.24) is 24.8 Å². The van der Waals surface area contributed by atoms with Gasteiger partial charge in [-0.15, -0.1) is 0 Å². The molecule has 3 aromatic rings. The van der Waals surface area contributed by atoms with Gasteiger partial charge in [0.15, 0.2) is 5.82 Å². The molecule has 3 heterocycles. The highest BCUT2D eigenvalue weighted by atomic mass is 19.4. The molecule has 0 spiro atoms. The Morgan fingerprint density at radius 1 is 1.14 bits per heavy atom. The van der Waals surface area contributed by atoms with E-state index in [9.17, 15) is 23.2 Å². The van der Waals surface area contributed by atoms with Crippen LogP contribution in [0.25, 0.3) is 11.4 Å². The van der Waals surface area contributed by atoms with E-state index in [2.05, 4.69) is 31.3 Å². The van der Waals surface area contributed by atoms with Crippen LogP contribution >= 0.6 is 0 Å². The van der Waals surface area contributed by atoms with Crippen LogP contribution in [0.15, 0.2) is 48.9 Å². The van der Waals surface area contributed by atoms with Crippen molar-refractivity contribution >= 4 is 11.9 Å². The zero-order valence-corrected chi connectivity index (χ0v) is 18.4. The molecule has 1 N–H and O–H groups in total. The predicted octanol–water partition coefficient (Wildman–Crippen LogP) is 3.93. The molecule has 0 radical (unpaired) electrons. The van der Waals surface area contributed by atoms with Gasteiger partial charge in [0.05, 0.1) is 17.2 Å². The summed E-state index contributed by atoms with van der Waals surface area (Å²) in [6, 6.07) is 9.14. The molecule has 0 bridgehead atoms. The summed E-state index contributed by atoms with van der Waals surface area (Å²) >= 11 is 0. The number of likely N-dealkylation sites (tertiary alicyclic amines) is 1. The molecule has 1 amide bonds. The molecule has 8 nitrogen and oxygen atoms in total. The van der Waals surface area contributed by atoms with Gasteiger partial charge in [-0.2, -0.15) is 18.4 Å². The highest BCUT2D eigenvalue weighted by Crippen LogP contribution is 2.46. The number of nitrogens with zero attached hydrogens (tertiary/aromatic N) is 6. The molecular weight excluding hydrogens is 459 g/mol. The standard InChI is InChI=1S/C24H20F3N7O/c25-24(26,27)20-6-9-31-23(33-20)32-13-16-4-3-15-11-19(15)34(16)22(35)18-10-14(12-28)2-5-17(18)21-29-7-1-8-30-21/h1-2,5-10,15-16,19H,3-4,11,13H2,(H,31,32,33)/t15-,16-,19+/m0/s1. The molecule has 2 fully saturated rings. The quantitative estimate of drug-likeness (QED) is 0.591. The van der Waals surface area contributed by atoms with Crippen LogP contribution in [0.2, 0.25) is 0 Å². The summed E-state index contributed by atoms with van der Waals surface area (Å²) in [6.07, 6.45) is 2.12. The molecule has 178 valence electrons. The third-order valence-corrected chi connectivity index (χ3v) is 6.37. The number of amides is 1. The Hall–Kier alpha value is -4.07. The number of alkyl halides is 3. The number of rotatable bonds is 5. The third kappa shape index (κ3) is 4.64. The molecule has 35 heavy (non-hydrogen) atoms. The predicted molar refractivity (Wildman–Crippen MR) is 119 cm³/mol. The monoisotopic (exact) mass is 479 g/mol. The van der Waals surface area contributed by atoms with Gasteiger partial charge in [0.1, 0.15) is 5.69 Å². The molecule has 3 atom stereocenters. The van der Waals surface area contributed by atoms with Gasteiger partial charge in [-0.25, -0.2) is 19.9 Å². The van der Waals surface area contributed by atoms with Crippen molar-refractivity contribution < 1.29 is 18.0 Å². The first-order chi connectivity index (χ1) is 16.8. The Labute approximate surface area is 198 Å². The van der Waals surface area contributed by atoms with Crippen LogP contribution in [-0.4, -0.2) is 49.4 Å². The Morgan fingerprint density at radius 2 is 1.94 bits per heavy atom. The second kappa shape index (κ2) is 8.94. The number of piperidine rings is 1. The number of benzene rings is 1. The van der Waals surface area contributed by atoms with E-state index in [-0.39, 0.29) is 30.5 Å². The smallest absolute Gasteiger partial charge is 0.352 e. The van der Waals surface area contributed by atoms with E-state index in [1.807, 2.05) is 0 Å². The van der Waals surface area contributed by atoms with Crippen molar-refractivity contribution in [3.63, 3.8) is 0 Å². The average Bonchev–Trinajstić information content (AvgIpc) is 3.66. The minimum Gasteiger partial charge on any atom is -0.352 e. The number of halogens is 3. The molecule has 1 saturated heterocycles. The SMILES string of the molecule is N#Cc1ccc(-c2ncccn2)c(C(=O)N2[C@H](CNc3nccc(C(F)(F)F)n3)CC[C@H]3C[C@H]32)c1. The van der Waals surface area contributed by atoms with Crippen molar-refractivity contribution in [2.24, 2.45) is 5.92 Å².